The van der Waals surface area contributed by atoms with Gasteiger partial charge in [0.15, 0.2) is 17.3 Å². The molecule has 8 nitrogen and oxygen atoms in total. The fraction of sp³-hybridized carbons (Fsp3) is 0.333. The molecule has 8 heteroatoms. The van der Waals surface area contributed by atoms with Gasteiger partial charge in [-0.25, -0.2) is 0 Å². The second kappa shape index (κ2) is 9.74. The van der Waals surface area contributed by atoms with Gasteiger partial charge in [-0.1, -0.05) is 17.7 Å². The number of rotatable bonds is 6. The number of amides is 2. The summed E-state index contributed by atoms with van der Waals surface area (Å²) in [5.41, 5.74) is 2.90. The number of piperidine rings is 1. The normalized spacial score (nSPS) is 15.2. The maximum Gasteiger partial charge on any atom is 0.289 e. The molecule has 35 heavy (non-hydrogen) atoms. The first-order valence-electron chi connectivity index (χ1n) is 11.7. The summed E-state index contributed by atoms with van der Waals surface area (Å²) in [7, 11) is 0. The number of carbonyl (C=O) groups is 2. The minimum Gasteiger partial charge on any atom is -0.485 e. The van der Waals surface area contributed by atoms with E-state index >= 15 is 0 Å². The SMILES string of the molecule is Cc1ccc(OCc2ccc(C(=O)N3CCC(C(=O)Nc4ccc5c(c4)OCO5)CC3)o2)c(C)c1. The Morgan fingerprint density at radius 1 is 1.00 bits per heavy atom. The Morgan fingerprint density at radius 2 is 1.80 bits per heavy atom. The number of nitrogens with one attached hydrogen (secondary N) is 1. The Labute approximate surface area is 203 Å². The van der Waals surface area contributed by atoms with Crippen molar-refractivity contribution in [1.82, 2.24) is 4.90 Å². The zero-order chi connectivity index (χ0) is 24.4. The highest BCUT2D eigenvalue weighted by Gasteiger charge is 2.29. The third kappa shape index (κ3) is 5.11. The molecule has 3 aromatic rings. The number of likely N-dealkylation sites (tertiary alicyclic amines) is 1. The summed E-state index contributed by atoms with van der Waals surface area (Å²) in [6, 6.07) is 14.8. The molecule has 182 valence electrons. The molecule has 0 saturated carbocycles. The number of aryl methyl sites for hydroxylation is 2. The Balaban J connectivity index is 1.11. The zero-order valence-electron chi connectivity index (χ0n) is 19.8. The molecule has 0 atom stereocenters. The first-order chi connectivity index (χ1) is 17.0. The quantitative estimate of drug-likeness (QED) is 0.555. The average Bonchev–Trinajstić information content (AvgIpc) is 3.52. The van der Waals surface area contributed by atoms with Gasteiger partial charge in [0.05, 0.1) is 0 Å². The van der Waals surface area contributed by atoms with E-state index in [1.165, 1.54) is 5.56 Å². The van der Waals surface area contributed by atoms with Gasteiger partial charge < -0.3 is 28.8 Å². The molecule has 1 N–H and O–H groups in total. The largest absolute Gasteiger partial charge is 0.485 e. The number of ether oxygens (including phenoxy) is 3. The minimum atomic E-state index is -0.169. The molecule has 3 heterocycles. The number of furan rings is 1. The Morgan fingerprint density at radius 3 is 2.60 bits per heavy atom. The molecule has 0 aliphatic carbocycles. The van der Waals surface area contributed by atoms with Crippen LogP contribution in [0.2, 0.25) is 0 Å². The van der Waals surface area contributed by atoms with Crippen molar-refractivity contribution in [3.63, 3.8) is 0 Å². The van der Waals surface area contributed by atoms with Crippen LogP contribution in [0.3, 0.4) is 0 Å². The number of hydrogen-bond donors (Lipinski definition) is 1. The molecular weight excluding hydrogens is 448 g/mol. The van der Waals surface area contributed by atoms with Crippen molar-refractivity contribution in [1.29, 1.82) is 0 Å². The molecule has 1 aromatic heterocycles. The summed E-state index contributed by atoms with van der Waals surface area (Å²) >= 11 is 0. The lowest BCUT2D eigenvalue weighted by molar-refractivity contribution is -0.121. The molecule has 2 amide bonds. The van der Waals surface area contributed by atoms with E-state index in [9.17, 15) is 9.59 Å². The number of nitrogens with zero attached hydrogens (tertiary/aromatic N) is 1. The number of hydrogen-bond acceptors (Lipinski definition) is 6. The van der Waals surface area contributed by atoms with Crippen LogP contribution >= 0.6 is 0 Å². The zero-order valence-corrected chi connectivity index (χ0v) is 19.8. The van der Waals surface area contributed by atoms with Gasteiger partial charge in [-0.15, -0.1) is 0 Å². The third-order valence-electron chi connectivity index (χ3n) is 6.37. The predicted octanol–water partition coefficient (Wildman–Crippen LogP) is 4.70. The molecule has 2 aliphatic rings. The monoisotopic (exact) mass is 476 g/mol. The summed E-state index contributed by atoms with van der Waals surface area (Å²) in [6.45, 7) is 5.46. The van der Waals surface area contributed by atoms with Crippen molar-refractivity contribution < 1.29 is 28.2 Å². The lowest BCUT2D eigenvalue weighted by Gasteiger charge is -2.30. The molecule has 2 aromatic carbocycles. The van der Waals surface area contributed by atoms with E-state index in [0.717, 1.165) is 11.3 Å². The molecule has 2 aliphatic heterocycles. The van der Waals surface area contributed by atoms with E-state index < -0.39 is 0 Å². The van der Waals surface area contributed by atoms with Gasteiger partial charge in [0.2, 0.25) is 12.7 Å². The van der Waals surface area contributed by atoms with Crippen LogP contribution in [0.5, 0.6) is 17.2 Å². The highest BCUT2D eigenvalue weighted by molar-refractivity contribution is 5.94. The number of carbonyl (C=O) groups excluding carboxylic acids is 2. The van der Waals surface area contributed by atoms with Gasteiger partial charge in [0.25, 0.3) is 5.91 Å². The third-order valence-corrected chi connectivity index (χ3v) is 6.37. The van der Waals surface area contributed by atoms with E-state index in [1.807, 2.05) is 26.0 Å². The lowest BCUT2D eigenvalue weighted by Crippen LogP contribution is -2.41. The van der Waals surface area contributed by atoms with E-state index in [-0.39, 0.29) is 36.9 Å². The molecule has 5 rings (SSSR count). The van der Waals surface area contributed by atoms with Crippen LogP contribution < -0.4 is 19.5 Å². The first-order valence-corrected chi connectivity index (χ1v) is 11.7. The molecule has 0 spiro atoms. The van der Waals surface area contributed by atoms with Crippen LogP contribution in [0, 0.1) is 19.8 Å². The van der Waals surface area contributed by atoms with Crippen LogP contribution in [-0.2, 0) is 11.4 Å². The summed E-state index contributed by atoms with van der Waals surface area (Å²) < 4.78 is 22.3. The number of anilines is 1. The first kappa shape index (κ1) is 22.8. The molecule has 0 unspecified atom stereocenters. The van der Waals surface area contributed by atoms with Crippen molar-refractivity contribution in [3.8, 4) is 17.2 Å². The maximum atomic E-state index is 12.9. The van der Waals surface area contributed by atoms with Crippen molar-refractivity contribution >= 4 is 17.5 Å². The van der Waals surface area contributed by atoms with Gasteiger partial charge >= 0.3 is 0 Å². The van der Waals surface area contributed by atoms with E-state index in [0.29, 0.717) is 48.9 Å². The van der Waals surface area contributed by atoms with Gasteiger partial charge in [0.1, 0.15) is 18.1 Å². The average molecular weight is 477 g/mol. The molecule has 0 radical (unpaired) electrons. The Kier molecular flexibility index (Phi) is 6.35. The van der Waals surface area contributed by atoms with Gasteiger partial charge in [-0.2, -0.15) is 0 Å². The smallest absolute Gasteiger partial charge is 0.289 e. The predicted molar refractivity (Wildman–Crippen MR) is 129 cm³/mol. The minimum absolute atomic E-state index is 0.0557. The van der Waals surface area contributed by atoms with Gasteiger partial charge in [0, 0.05) is 30.8 Å². The summed E-state index contributed by atoms with van der Waals surface area (Å²) in [6.07, 6.45) is 1.18. The number of benzene rings is 2. The van der Waals surface area contributed by atoms with Crippen LogP contribution in [-0.4, -0.2) is 36.6 Å². The van der Waals surface area contributed by atoms with Crippen molar-refractivity contribution in [2.75, 3.05) is 25.2 Å². The van der Waals surface area contributed by atoms with E-state index in [1.54, 1.807) is 35.2 Å². The van der Waals surface area contributed by atoms with Crippen molar-refractivity contribution in [3.05, 3.63) is 71.2 Å². The van der Waals surface area contributed by atoms with E-state index in [2.05, 4.69) is 11.4 Å². The van der Waals surface area contributed by atoms with Crippen LogP contribution in [0.15, 0.2) is 52.9 Å². The topological polar surface area (TPSA) is 90.2 Å². The standard InChI is InChI=1S/C27H28N2O6/c1-17-3-6-22(18(2)13-17)32-15-21-5-8-24(35-21)27(31)29-11-9-19(10-12-29)26(30)28-20-4-7-23-25(14-20)34-16-33-23/h3-8,13-14,19H,9-12,15-16H2,1-2H3,(H,28,30). The molecule has 1 fully saturated rings. The molecular formula is C27H28N2O6. The lowest BCUT2D eigenvalue weighted by atomic mass is 9.95. The highest BCUT2D eigenvalue weighted by Crippen LogP contribution is 2.34. The maximum absolute atomic E-state index is 12.9. The fourth-order valence-electron chi connectivity index (χ4n) is 4.40. The second-order valence-corrected chi connectivity index (χ2v) is 8.95. The van der Waals surface area contributed by atoms with Crippen LogP contribution in [0.1, 0.15) is 40.3 Å². The summed E-state index contributed by atoms with van der Waals surface area (Å²) in [4.78, 5) is 27.4. The summed E-state index contributed by atoms with van der Waals surface area (Å²) in [5.74, 6) is 2.58. The molecule has 0 bridgehead atoms. The Bertz CT molecular complexity index is 1240. The van der Waals surface area contributed by atoms with Gasteiger partial charge in [-0.05, 0) is 62.6 Å². The number of fused-ring (bicyclic) bond motifs is 1. The summed E-state index contributed by atoms with van der Waals surface area (Å²) in [5, 5.41) is 2.94. The Hall–Kier alpha value is -3.94. The van der Waals surface area contributed by atoms with Crippen molar-refractivity contribution in [2.45, 2.75) is 33.3 Å². The highest BCUT2D eigenvalue weighted by atomic mass is 16.7. The van der Waals surface area contributed by atoms with Crippen LogP contribution in [0.25, 0.3) is 0 Å². The van der Waals surface area contributed by atoms with Crippen molar-refractivity contribution in [2.24, 2.45) is 5.92 Å². The second-order valence-electron chi connectivity index (χ2n) is 8.95. The van der Waals surface area contributed by atoms with E-state index in [4.69, 9.17) is 18.6 Å². The van der Waals surface area contributed by atoms with Gasteiger partial charge in [-0.3, -0.25) is 9.59 Å². The fourth-order valence-corrected chi connectivity index (χ4v) is 4.40. The molecule has 1 saturated heterocycles. The van der Waals surface area contributed by atoms with Crippen LogP contribution in [0.4, 0.5) is 5.69 Å².